The summed E-state index contributed by atoms with van der Waals surface area (Å²) < 4.78 is 63.3. The van der Waals surface area contributed by atoms with E-state index >= 15 is 0 Å². The highest BCUT2D eigenvalue weighted by molar-refractivity contribution is 6.62. The predicted molar refractivity (Wildman–Crippen MR) is 52.8 cm³/mol. The molecule has 1 aromatic carbocycles. The van der Waals surface area contributed by atoms with Crippen LogP contribution in [0.15, 0.2) is 30.3 Å². The molecule has 0 bridgehead atoms. The molecule has 0 aliphatic carbocycles. The van der Waals surface area contributed by atoms with Crippen molar-refractivity contribution in [3.05, 3.63) is 35.9 Å². The van der Waals surface area contributed by atoms with Gasteiger partial charge in [0.1, 0.15) is 0 Å². The van der Waals surface area contributed by atoms with Crippen molar-refractivity contribution < 1.29 is 22.0 Å². The molecule has 1 rings (SSSR count). The zero-order chi connectivity index (χ0) is 12.4. The van der Waals surface area contributed by atoms with Crippen LogP contribution in [0.1, 0.15) is 5.56 Å². The Morgan fingerprint density at radius 1 is 1.00 bits per heavy atom. The molecule has 0 aliphatic rings. The van der Waals surface area contributed by atoms with Gasteiger partial charge in [0, 0.05) is 6.42 Å². The molecule has 0 N–H and O–H groups in total. The summed E-state index contributed by atoms with van der Waals surface area (Å²) in [5.74, 6) is -4.77. The van der Waals surface area contributed by atoms with Crippen molar-refractivity contribution in [3.63, 3.8) is 0 Å². The summed E-state index contributed by atoms with van der Waals surface area (Å²) in [6, 6.07) is 7.49. The van der Waals surface area contributed by atoms with E-state index in [1.165, 1.54) is 24.3 Å². The zero-order valence-corrected chi connectivity index (χ0v) is 9.48. The summed E-state index contributed by atoms with van der Waals surface area (Å²) in [7, 11) is -3.71. The lowest BCUT2D eigenvalue weighted by Gasteiger charge is -2.23. The predicted octanol–water partition coefficient (Wildman–Crippen LogP) is 3.63. The van der Waals surface area contributed by atoms with Crippen molar-refractivity contribution in [2.45, 2.75) is 24.3 Å². The van der Waals surface area contributed by atoms with Gasteiger partial charge in [0.05, 0.1) is 0 Å². The summed E-state index contributed by atoms with van der Waals surface area (Å²) in [6.45, 7) is 0.605. The summed E-state index contributed by atoms with van der Waals surface area (Å²) in [4.78, 5) is 0. The molecular weight excluding hydrogens is 243 g/mol. The van der Waals surface area contributed by atoms with Gasteiger partial charge in [-0.1, -0.05) is 36.9 Å². The normalized spacial score (nSPS) is 13.2. The lowest BCUT2D eigenvalue weighted by molar-refractivity contribution is -0.0678. The maximum Gasteiger partial charge on any atom is 0.366 e. The van der Waals surface area contributed by atoms with Gasteiger partial charge in [0.25, 0.3) is 8.80 Å². The van der Waals surface area contributed by atoms with Gasteiger partial charge in [-0.05, 0) is 5.56 Å². The minimum atomic E-state index is -4.77. The van der Waals surface area contributed by atoms with Crippen LogP contribution >= 0.6 is 0 Å². The SMILES string of the molecule is C[Si](C(F)(F)F)C(F)(F)Cc1ccccc1. The topological polar surface area (TPSA) is 0 Å². The van der Waals surface area contributed by atoms with Crippen LogP contribution in [-0.4, -0.2) is 20.1 Å². The number of benzene rings is 1. The fourth-order valence-corrected chi connectivity index (χ4v) is 2.08. The Kier molecular flexibility index (Phi) is 3.72. The lowest BCUT2D eigenvalue weighted by atomic mass is 10.2. The van der Waals surface area contributed by atoms with Gasteiger partial charge in [0.2, 0.25) is 5.55 Å². The molecule has 0 saturated heterocycles. The molecule has 0 unspecified atom stereocenters. The average molecular weight is 253 g/mol. The molecule has 0 nitrogen and oxygen atoms in total. The molecule has 0 atom stereocenters. The third-order valence-corrected chi connectivity index (χ3v) is 4.37. The van der Waals surface area contributed by atoms with Crippen LogP contribution in [0.5, 0.6) is 0 Å². The Balaban J connectivity index is 2.80. The van der Waals surface area contributed by atoms with Crippen LogP contribution in [0.2, 0.25) is 6.55 Å². The van der Waals surface area contributed by atoms with Crippen LogP contribution in [0, 0.1) is 0 Å². The van der Waals surface area contributed by atoms with E-state index < -0.39 is 26.6 Å². The molecule has 0 aliphatic heterocycles. The van der Waals surface area contributed by atoms with E-state index in [4.69, 9.17) is 0 Å². The molecule has 0 heterocycles. The summed E-state index contributed by atoms with van der Waals surface area (Å²) >= 11 is 0. The van der Waals surface area contributed by atoms with Crippen molar-refractivity contribution >= 4 is 8.80 Å². The van der Waals surface area contributed by atoms with E-state index in [2.05, 4.69) is 0 Å². The molecule has 0 spiro atoms. The lowest BCUT2D eigenvalue weighted by Crippen LogP contribution is -2.48. The summed E-state index contributed by atoms with van der Waals surface area (Å²) in [5, 5.41) is 0. The van der Waals surface area contributed by atoms with Crippen molar-refractivity contribution in [1.29, 1.82) is 0 Å². The van der Waals surface area contributed by atoms with Crippen molar-refractivity contribution in [1.82, 2.24) is 0 Å². The third-order valence-electron chi connectivity index (χ3n) is 2.24. The quantitative estimate of drug-likeness (QED) is 0.570. The van der Waals surface area contributed by atoms with E-state index in [0.717, 1.165) is 0 Å². The van der Waals surface area contributed by atoms with Gasteiger partial charge >= 0.3 is 5.80 Å². The molecule has 0 aromatic heterocycles. The van der Waals surface area contributed by atoms with E-state index in [1.807, 2.05) is 0 Å². The monoisotopic (exact) mass is 253 g/mol. The maximum atomic E-state index is 13.3. The number of hydrogen-bond acceptors (Lipinski definition) is 0. The van der Waals surface area contributed by atoms with Crippen LogP contribution in [-0.2, 0) is 6.42 Å². The summed E-state index contributed by atoms with van der Waals surface area (Å²) in [6.07, 6.45) is -0.849. The van der Waals surface area contributed by atoms with E-state index in [-0.39, 0.29) is 5.56 Å². The molecule has 0 fully saturated rings. The van der Waals surface area contributed by atoms with Gasteiger partial charge in [-0.3, -0.25) is 0 Å². The minimum absolute atomic E-state index is 0.223. The highest BCUT2D eigenvalue weighted by Gasteiger charge is 2.54. The van der Waals surface area contributed by atoms with Gasteiger partial charge < -0.3 is 0 Å². The second kappa shape index (κ2) is 4.53. The fourth-order valence-electron chi connectivity index (χ4n) is 1.19. The molecule has 89 valence electrons. The first-order valence-corrected chi connectivity index (χ1v) is 6.56. The Morgan fingerprint density at radius 3 is 1.94 bits per heavy atom. The van der Waals surface area contributed by atoms with Crippen LogP contribution in [0.25, 0.3) is 0 Å². The van der Waals surface area contributed by atoms with E-state index in [9.17, 15) is 22.0 Å². The van der Waals surface area contributed by atoms with Crippen molar-refractivity contribution in [2.75, 3.05) is 0 Å². The third kappa shape index (κ3) is 3.30. The van der Waals surface area contributed by atoms with Gasteiger partial charge in [-0.15, -0.1) is 0 Å². The second-order valence-electron chi connectivity index (χ2n) is 3.49. The minimum Gasteiger partial charge on any atom is -0.211 e. The Hall–Kier alpha value is -0.913. The Morgan fingerprint density at radius 2 is 1.50 bits per heavy atom. The molecule has 1 aromatic rings. The molecule has 1 radical (unpaired) electrons. The molecular formula is C10H10F5Si. The number of alkyl halides is 5. The van der Waals surface area contributed by atoms with Crippen molar-refractivity contribution in [3.8, 4) is 0 Å². The smallest absolute Gasteiger partial charge is 0.211 e. The van der Waals surface area contributed by atoms with Gasteiger partial charge in [-0.2, -0.15) is 13.2 Å². The van der Waals surface area contributed by atoms with Crippen LogP contribution in [0.4, 0.5) is 22.0 Å². The number of rotatable bonds is 3. The Labute approximate surface area is 91.7 Å². The Bertz CT molecular complexity index is 333. The highest BCUT2D eigenvalue weighted by atomic mass is 28.3. The molecule has 6 heteroatoms. The van der Waals surface area contributed by atoms with Gasteiger partial charge in [0.15, 0.2) is 0 Å². The van der Waals surface area contributed by atoms with Gasteiger partial charge in [-0.25, -0.2) is 8.78 Å². The molecule has 16 heavy (non-hydrogen) atoms. The first-order chi connectivity index (χ1) is 7.23. The maximum absolute atomic E-state index is 13.3. The molecule has 0 saturated carbocycles. The van der Waals surface area contributed by atoms with Crippen LogP contribution < -0.4 is 0 Å². The van der Waals surface area contributed by atoms with E-state index in [0.29, 0.717) is 6.55 Å². The second-order valence-corrected chi connectivity index (χ2v) is 6.04. The largest absolute Gasteiger partial charge is 0.366 e. The highest BCUT2D eigenvalue weighted by Crippen LogP contribution is 2.33. The first kappa shape index (κ1) is 13.2. The van der Waals surface area contributed by atoms with E-state index in [1.54, 1.807) is 6.07 Å². The van der Waals surface area contributed by atoms with Crippen molar-refractivity contribution in [2.24, 2.45) is 0 Å². The first-order valence-electron chi connectivity index (χ1n) is 4.56. The van der Waals surface area contributed by atoms with Crippen LogP contribution in [0.3, 0.4) is 0 Å². The fraction of sp³-hybridized carbons (Fsp3) is 0.400. The zero-order valence-electron chi connectivity index (χ0n) is 8.48. The average Bonchev–Trinajstić information content (AvgIpc) is 2.16. The molecule has 0 amide bonds. The number of halogens is 5. The summed E-state index contributed by atoms with van der Waals surface area (Å²) in [5.41, 5.74) is -3.45. The standard InChI is InChI=1S/C10H10F5Si/c1-16(10(13,14)15)9(11,12)7-8-5-3-2-4-6-8/h2-6H,7H2,1H3. The number of hydrogen-bond donors (Lipinski definition) is 0.